The van der Waals surface area contributed by atoms with Gasteiger partial charge in [0, 0.05) is 11.3 Å². The first-order chi connectivity index (χ1) is 8.26. The minimum atomic E-state index is -0.893. The van der Waals surface area contributed by atoms with Crippen molar-refractivity contribution in [1.82, 2.24) is 5.32 Å². The van der Waals surface area contributed by atoms with Crippen molar-refractivity contribution in [2.75, 3.05) is 18.5 Å². The molecule has 100 valence electrons. The first-order valence-electron chi connectivity index (χ1n) is 5.34. The molecule has 0 aliphatic carbocycles. The molecule has 1 aromatic rings. The fraction of sp³-hybridized carbons (Fsp3) is 0.417. The number of halogens is 2. The molecule has 1 rings (SSSR count). The molecule has 1 amide bonds. The Balaban J connectivity index is 2.85. The van der Waals surface area contributed by atoms with Crippen LogP contribution in [0, 0.1) is 11.6 Å². The summed E-state index contributed by atoms with van der Waals surface area (Å²) in [7, 11) is 0. The third kappa shape index (κ3) is 3.60. The molecule has 0 saturated heterocycles. The van der Waals surface area contributed by atoms with E-state index >= 15 is 0 Å². The van der Waals surface area contributed by atoms with Gasteiger partial charge in [-0.15, -0.1) is 0 Å². The van der Waals surface area contributed by atoms with Crippen molar-refractivity contribution in [3.05, 3.63) is 29.3 Å². The molecule has 3 N–H and O–H groups in total. The van der Waals surface area contributed by atoms with Gasteiger partial charge in [0.2, 0.25) is 0 Å². The Morgan fingerprint density at radius 1 is 1.44 bits per heavy atom. The fourth-order valence-electron chi connectivity index (χ4n) is 1.24. The van der Waals surface area contributed by atoms with E-state index in [1.807, 2.05) is 20.1 Å². The van der Waals surface area contributed by atoms with Crippen LogP contribution < -0.4 is 11.1 Å². The van der Waals surface area contributed by atoms with Crippen LogP contribution in [0.25, 0.3) is 0 Å². The highest BCUT2D eigenvalue weighted by Gasteiger charge is 2.20. The Morgan fingerprint density at radius 2 is 2.06 bits per heavy atom. The second-order valence-corrected chi connectivity index (χ2v) is 6.02. The van der Waals surface area contributed by atoms with E-state index in [9.17, 15) is 13.6 Å². The molecular formula is C12H16F2N2OS. The molecule has 18 heavy (non-hydrogen) atoms. The lowest BCUT2D eigenvalue weighted by Crippen LogP contribution is -2.36. The quantitative estimate of drug-likeness (QED) is 0.829. The Hall–Kier alpha value is -1.30. The predicted molar refractivity (Wildman–Crippen MR) is 70.7 cm³/mol. The van der Waals surface area contributed by atoms with Crippen molar-refractivity contribution in [2.45, 2.75) is 18.6 Å². The number of anilines is 1. The number of rotatable bonds is 4. The molecule has 3 nitrogen and oxygen atoms in total. The molecule has 0 unspecified atom stereocenters. The van der Waals surface area contributed by atoms with E-state index in [4.69, 9.17) is 5.73 Å². The third-order valence-electron chi connectivity index (χ3n) is 2.54. The van der Waals surface area contributed by atoms with Gasteiger partial charge < -0.3 is 11.1 Å². The van der Waals surface area contributed by atoms with Crippen molar-refractivity contribution in [3.63, 3.8) is 0 Å². The summed E-state index contributed by atoms with van der Waals surface area (Å²) in [4.78, 5) is 11.7. The van der Waals surface area contributed by atoms with Crippen LogP contribution in [-0.4, -0.2) is 23.5 Å². The highest BCUT2D eigenvalue weighted by molar-refractivity contribution is 7.99. The zero-order chi connectivity index (χ0) is 13.9. The molecule has 1 aromatic carbocycles. The van der Waals surface area contributed by atoms with E-state index < -0.39 is 17.5 Å². The lowest BCUT2D eigenvalue weighted by atomic mass is 10.1. The fourth-order valence-corrected chi connectivity index (χ4v) is 1.45. The van der Waals surface area contributed by atoms with Gasteiger partial charge in [-0.3, -0.25) is 4.79 Å². The molecule has 0 bridgehead atoms. The average Bonchev–Trinajstić information content (AvgIpc) is 2.31. The average molecular weight is 274 g/mol. The molecule has 6 heteroatoms. The molecule has 0 spiro atoms. The van der Waals surface area contributed by atoms with E-state index in [1.54, 1.807) is 11.8 Å². The number of carbonyl (C=O) groups is 1. The number of carbonyl (C=O) groups excluding carboxylic acids is 1. The number of hydrogen-bond acceptors (Lipinski definition) is 3. The summed E-state index contributed by atoms with van der Waals surface area (Å²) in [5, 5.41) is 2.56. The van der Waals surface area contributed by atoms with Crippen molar-refractivity contribution >= 4 is 23.4 Å². The number of nitrogens with two attached hydrogens (primary N) is 1. The number of amides is 1. The molecule has 0 heterocycles. The lowest BCUT2D eigenvalue weighted by Gasteiger charge is -2.22. The van der Waals surface area contributed by atoms with Crippen LogP contribution in [0.1, 0.15) is 24.2 Å². The minimum absolute atomic E-state index is 0.176. The van der Waals surface area contributed by atoms with E-state index in [2.05, 4.69) is 5.32 Å². The van der Waals surface area contributed by atoms with Crippen molar-refractivity contribution in [3.8, 4) is 0 Å². The molecule has 0 aliphatic rings. The van der Waals surface area contributed by atoms with Gasteiger partial charge in [-0.25, -0.2) is 8.78 Å². The van der Waals surface area contributed by atoms with Crippen LogP contribution in [0.2, 0.25) is 0 Å². The first kappa shape index (κ1) is 14.8. The summed E-state index contributed by atoms with van der Waals surface area (Å²) < 4.78 is 26.5. The maximum atomic E-state index is 13.6. The molecule has 0 radical (unpaired) electrons. The molecular weight excluding hydrogens is 258 g/mol. The van der Waals surface area contributed by atoms with Crippen LogP contribution in [0.15, 0.2) is 12.1 Å². The van der Waals surface area contributed by atoms with Crippen LogP contribution in [0.4, 0.5) is 14.5 Å². The van der Waals surface area contributed by atoms with Gasteiger partial charge in [0.15, 0.2) is 5.82 Å². The third-order valence-corrected chi connectivity index (χ3v) is 3.79. The van der Waals surface area contributed by atoms with Gasteiger partial charge in [0.1, 0.15) is 5.82 Å². The van der Waals surface area contributed by atoms with E-state index in [1.165, 1.54) is 0 Å². The molecule has 0 saturated carbocycles. The van der Waals surface area contributed by atoms with Crippen LogP contribution >= 0.6 is 11.8 Å². The monoisotopic (exact) mass is 274 g/mol. The summed E-state index contributed by atoms with van der Waals surface area (Å²) >= 11 is 1.57. The molecule has 0 atom stereocenters. The van der Waals surface area contributed by atoms with Gasteiger partial charge in [-0.1, -0.05) is 0 Å². The van der Waals surface area contributed by atoms with E-state index in [-0.39, 0.29) is 16.0 Å². The SMILES string of the molecule is CSC(C)(C)CNC(=O)c1cc(F)cc(N)c1F. The molecule has 0 aromatic heterocycles. The highest BCUT2D eigenvalue weighted by Crippen LogP contribution is 2.21. The summed E-state index contributed by atoms with van der Waals surface area (Å²) in [6.45, 7) is 4.23. The largest absolute Gasteiger partial charge is 0.396 e. The predicted octanol–water partition coefficient (Wildman–Crippen LogP) is 2.42. The van der Waals surface area contributed by atoms with Gasteiger partial charge in [0.05, 0.1) is 11.3 Å². The van der Waals surface area contributed by atoms with Crippen LogP contribution in [0.5, 0.6) is 0 Å². The van der Waals surface area contributed by atoms with E-state index in [0.29, 0.717) is 6.54 Å². The summed E-state index contributed by atoms with van der Waals surface area (Å²) in [5.74, 6) is -2.29. The number of hydrogen-bond donors (Lipinski definition) is 2. The zero-order valence-corrected chi connectivity index (χ0v) is 11.3. The summed E-state index contributed by atoms with van der Waals surface area (Å²) in [6.07, 6.45) is 1.91. The molecule has 0 aliphatic heterocycles. The van der Waals surface area contributed by atoms with Crippen molar-refractivity contribution in [1.29, 1.82) is 0 Å². The first-order valence-corrected chi connectivity index (χ1v) is 6.57. The normalized spacial score (nSPS) is 11.4. The second-order valence-electron chi connectivity index (χ2n) is 4.50. The van der Waals surface area contributed by atoms with Crippen molar-refractivity contribution < 1.29 is 13.6 Å². The molecule has 0 fully saturated rings. The Morgan fingerprint density at radius 3 is 2.61 bits per heavy atom. The Bertz CT molecular complexity index is 464. The van der Waals surface area contributed by atoms with E-state index in [0.717, 1.165) is 12.1 Å². The lowest BCUT2D eigenvalue weighted by molar-refractivity contribution is 0.0946. The number of thioether (sulfide) groups is 1. The van der Waals surface area contributed by atoms with Crippen LogP contribution in [0.3, 0.4) is 0 Å². The smallest absolute Gasteiger partial charge is 0.254 e. The maximum Gasteiger partial charge on any atom is 0.254 e. The summed E-state index contributed by atoms with van der Waals surface area (Å²) in [6, 6.07) is 1.69. The number of nitrogens with one attached hydrogen (secondary N) is 1. The van der Waals surface area contributed by atoms with Gasteiger partial charge in [-0.05, 0) is 32.2 Å². The van der Waals surface area contributed by atoms with Gasteiger partial charge >= 0.3 is 0 Å². The zero-order valence-electron chi connectivity index (χ0n) is 10.5. The Labute approximate surface area is 109 Å². The standard InChI is InChI=1S/C12H16F2N2OS/c1-12(2,18-3)6-16-11(17)8-4-7(13)5-9(15)10(8)14/h4-5H,6,15H2,1-3H3,(H,16,17). The topological polar surface area (TPSA) is 55.1 Å². The minimum Gasteiger partial charge on any atom is -0.396 e. The number of benzene rings is 1. The maximum absolute atomic E-state index is 13.6. The summed E-state index contributed by atoms with van der Waals surface area (Å²) in [5.41, 5.74) is 4.53. The second kappa shape index (κ2) is 5.56. The van der Waals surface area contributed by atoms with Crippen molar-refractivity contribution in [2.24, 2.45) is 0 Å². The van der Waals surface area contributed by atoms with Gasteiger partial charge in [-0.2, -0.15) is 11.8 Å². The van der Waals surface area contributed by atoms with Gasteiger partial charge in [0.25, 0.3) is 5.91 Å². The van der Waals surface area contributed by atoms with Crippen LogP contribution in [-0.2, 0) is 0 Å². The number of nitrogen functional groups attached to an aromatic ring is 1. The highest BCUT2D eigenvalue weighted by atomic mass is 32.2. The Kier molecular flexibility index (Phi) is 4.56.